The van der Waals surface area contributed by atoms with Crippen LogP contribution in [-0.4, -0.2) is 33.1 Å². The van der Waals surface area contributed by atoms with E-state index in [1.54, 1.807) is 12.1 Å². The standard InChI is InChI=1S/C20H21N3O3S/c1-13(2)22-9-8-15(11-22)10-17-19(25)23(20(26)27-17)12-18(24)21-16-7-5-4-6-14(16)3/h4-11,13H,12H2,1-3H3,(H,21,24)/b17-10+. The second-order valence-electron chi connectivity index (χ2n) is 6.62. The molecule has 2 aromatic rings. The smallest absolute Gasteiger partial charge is 0.294 e. The Bertz CT molecular complexity index is 930. The molecule has 1 N–H and O–H groups in total. The van der Waals surface area contributed by atoms with Crippen molar-refractivity contribution < 1.29 is 14.4 Å². The second kappa shape index (κ2) is 7.84. The minimum absolute atomic E-state index is 0.302. The minimum Gasteiger partial charge on any atom is -0.351 e. The van der Waals surface area contributed by atoms with Gasteiger partial charge in [0.15, 0.2) is 0 Å². The van der Waals surface area contributed by atoms with Gasteiger partial charge in [-0.3, -0.25) is 19.3 Å². The van der Waals surface area contributed by atoms with Crippen LogP contribution in [0.2, 0.25) is 0 Å². The molecule has 0 atom stereocenters. The number of carbonyl (C=O) groups is 3. The van der Waals surface area contributed by atoms with Crippen LogP contribution in [0.25, 0.3) is 6.08 Å². The molecule has 6 nitrogen and oxygen atoms in total. The van der Waals surface area contributed by atoms with Crippen LogP contribution in [0.3, 0.4) is 0 Å². The Balaban J connectivity index is 1.69. The van der Waals surface area contributed by atoms with Crippen molar-refractivity contribution in [2.75, 3.05) is 11.9 Å². The summed E-state index contributed by atoms with van der Waals surface area (Å²) in [6.07, 6.45) is 5.53. The highest BCUT2D eigenvalue weighted by Crippen LogP contribution is 2.32. The Hall–Kier alpha value is -2.80. The number of hydrogen-bond acceptors (Lipinski definition) is 4. The number of nitrogens with zero attached hydrogens (tertiary/aromatic N) is 2. The first-order valence-electron chi connectivity index (χ1n) is 8.63. The summed E-state index contributed by atoms with van der Waals surface area (Å²) in [5.74, 6) is -0.846. The number of hydrogen-bond donors (Lipinski definition) is 1. The molecular formula is C20H21N3O3S. The topological polar surface area (TPSA) is 71.4 Å². The van der Waals surface area contributed by atoms with E-state index in [0.29, 0.717) is 16.6 Å². The summed E-state index contributed by atoms with van der Waals surface area (Å²) in [5, 5.41) is 2.31. The first kappa shape index (κ1) is 19.0. The third kappa shape index (κ3) is 4.31. The van der Waals surface area contributed by atoms with Gasteiger partial charge >= 0.3 is 0 Å². The number of para-hydroxylation sites is 1. The molecule has 3 rings (SSSR count). The number of benzene rings is 1. The highest BCUT2D eigenvalue weighted by molar-refractivity contribution is 8.18. The van der Waals surface area contributed by atoms with E-state index in [-0.39, 0.29) is 6.54 Å². The normalized spacial score (nSPS) is 15.9. The van der Waals surface area contributed by atoms with Crippen molar-refractivity contribution in [3.05, 3.63) is 58.8 Å². The van der Waals surface area contributed by atoms with Crippen LogP contribution in [0.1, 0.15) is 31.0 Å². The molecule has 27 heavy (non-hydrogen) atoms. The van der Waals surface area contributed by atoms with Crippen molar-refractivity contribution in [3.63, 3.8) is 0 Å². The quantitative estimate of drug-likeness (QED) is 0.791. The van der Waals surface area contributed by atoms with E-state index in [1.165, 1.54) is 0 Å². The maximum atomic E-state index is 12.5. The molecule has 1 aliphatic heterocycles. The number of aryl methyl sites for hydroxylation is 1. The van der Waals surface area contributed by atoms with E-state index in [4.69, 9.17) is 0 Å². The molecule has 0 bridgehead atoms. The first-order valence-corrected chi connectivity index (χ1v) is 9.45. The fourth-order valence-corrected chi connectivity index (χ4v) is 3.51. The number of anilines is 1. The van der Waals surface area contributed by atoms with Crippen molar-refractivity contribution in [3.8, 4) is 0 Å². The van der Waals surface area contributed by atoms with Crippen LogP contribution in [-0.2, 0) is 9.59 Å². The molecule has 0 saturated carbocycles. The third-order valence-electron chi connectivity index (χ3n) is 4.23. The number of rotatable bonds is 5. The van der Waals surface area contributed by atoms with Gasteiger partial charge in [-0.1, -0.05) is 18.2 Å². The summed E-state index contributed by atoms with van der Waals surface area (Å²) in [4.78, 5) is 38.3. The Morgan fingerprint density at radius 3 is 2.63 bits per heavy atom. The fraction of sp³-hybridized carbons (Fsp3) is 0.250. The monoisotopic (exact) mass is 383 g/mol. The molecule has 0 unspecified atom stereocenters. The Labute approximate surface area is 162 Å². The van der Waals surface area contributed by atoms with E-state index < -0.39 is 17.1 Å². The lowest BCUT2D eigenvalue weighted by molar-refractivity contribution is -0.127. The average molecular weight is 383 g/mol. The van der Waals surface area contributed by atoms with Gasteiger partial charge in [0.25, 0.3) is 11.1 Å². The van der Waals surface area contributed by atoms with Crippen LogP contribution < -0.4 is 5.32 Å². The number of imide groups is 1. The van der Waals surface area contributed by atoms with Gasteiger partial charge in [0.2, 0.25) is 5.91 Å². The summed E-state index contributed by atoms with van der Waals surface area (Å²) in [6, 6.07) is 9.54. The average Bonchev–Trinajstić information content (AvgIpc) is 3.18. The number of carbonyl (C=O) groups excluding carboxylic acids is 3. The maximum Gasteiger partial charge on any atom is 0.294 e. The van der Waals surface area contributed by atoms with E-state index in [2.05, 4.69) is 19.2 Å². The lowest BCUT2D eigenvalue weighted by Gasteiger charge is -2.13. The van der Waals surface area contributed by atoms with Crippen molar-refractivity contribution in [1.29, 1.82) is 0 Å². The van der Waals surface area contributed by atoms with Crippen molar-refractivity contribution in [1.82, 2.24) is 9.47 Å². The lowest BCUT2D eigenvalue weighted by atomic mass is 10.2. The van der Waals surface area contributed by atoms with E-state index in [0.717, 1.165) is 27.8 Å². The molecule has 0 aliphatic carbocycles. The van der Waals surface area contributed by atoms with Gasteiger partial charge in [0.1, 0.15) is 6.54 Å². The summed E-state index contributed by atoms with van der Waals surface area (Å²) >= 11 is 0.855. The molecule has 0 spiro atoms. The van der Waals surface area contributed by atoms with Gasteiger partial charge in [-0.2, -0.15) is 0 Å². The number of amides is 3. The third-order valence-corrected chi connectivity index (χ3v) is 5.13. The molecule has 1 fully saturated rings. The number of aromatic nitrogens is 1. The van der Waals surface area contributed by atoms with Crippen molar-refractivity contribution in [2.24, 2.45) is 0 Å². The molecule has 7 heteroatoms. The summed E-state index contributed by atoms with van der Waals surface area (Å²) in [7, 11) is 0. The summed E-state index contributed by atoms with van der Waals surface area (Å²) in [6.45, 7) is 5.69. The lowest BCUT2D eigenvalue weighted by Crippen LogP contribution is -2.36. The molecule has 140 valence electrons. The Morgan fingerprint density at radius 2 is 1.96 bits per heavy atom. The summed E-state index contributed by atoms with van der Waals surface area (Å²) in [5.41, 5.74) is 2.42. The molecular weight excluding hydrogens is 362 g/mol. The second-order valence-corrected chi connectivity index (χ2v) is 7.61. The zero-order valence-electron chi connectivity index (χ0n) is 15.4. The Kier molecular flexibility index (Phi) is 5.51. The predicted molar refractivity (Wildman–Crippen MR) is 107 cm³/mol. The number of thioether (sulfide) groups is 1. The SMILES string of the molecule is Cc1ccccc1NC(=O)CN1C(=O)S/C(=C/c2ccn(C(C)C)c2)C1=O. The summed E-state index contributed by atoms with van der Waals surface area (Å²) < 4.78 is 2.02. The van der Waals surface area contributed by atoms with Gasteiger partial charge in [-0.15, -0.1) is 0 Å². The molecule has 0 radical (unpaired) electrons. The largest absolute Gasteiger partial charge is 0.351 e. The van der Waals surface area contributed by atoms with Gasteiger partial charge in [-0.05, 0) is 61.9 Å². The molecule has 1 aromatic heterocycles. The van der Waals surface area contributed by atoms with Gasteiger partial charge in [0, 0.05) is 24.1 Å². The first-order chi connectivity index (χ1) is 12.8. The van der Waals surface area contributed by atoms with Crippen molar-refractivity contribution >= 4 is 40.6 Å². The zero-order valence-corrected chi connectivity index (χ0v) is 16.2. The molecule has 1 aromatic carbocycles. The van der Waals surface area contributed by atoms with Crippen LogP contribution in [0.4, 0.5) is 10.5 Å². The predicted octanol–water partition coefficient (Wildman–Crippen LogP) is 4.05. The van der Waals surface area contributed by atoms with E-state index in [1.807, 2.05) is 48.1 Å². The fourth-order valence-electron chi connectivity index (χ4n) is 2.67. The highest BCUT2D eigenvalue weighted by atomic mass is 32.2. The zero-order chi connectivity index (χ0) is 19.6. The van der Waals surface area contributed by atoms with Gasteiger partial charge < -0.3 is 9.88 Å². The molecule has 3 amide bonds. The molecule has 1 saturated heterocycles. The minimum atomic E-state index is -0.442. The van der Waals surface area contributed by atoms with Crippen LogP contribution >= 0.6 is 11.8 Å². The van der Waals surface area contributed by atoms with Crippen LogP contribution in [0.15, 0.2) is 47.6 Å². The van der Waals surface area contributed by atoms with Gasteiger partial charge in [-0.25, -0.2) is 0 Å². The van der Waals surface area contributed by atoms with Crippen LogP contribution in [0, 0.1) is 6.92 Å². The van der Waals surface area contributed by atoms with Gasteiger partial charge in [0.05, 0.1) is 4.91 Å². The maximum absolute atomic E-state index is 12.5. The van der Waals surface area contributed by atoms with Crippen LogP contribution in [0.5, 0.6) is 0 Å². The Morgan fingerprint density at radius 1 is 1.22 bits per heavy atom. The van der Waals surface area contributed by atoms with Crippen molar-refractivity contribution in [2.45, 2.75) is 26.8 Å². The number of nitrogens with one attached hydrogen (secondary N) is 1. The van der Waals surface area contributed by atoms with E-state index >= 15 is 0 Å². The molecule has 2 heterocycles. The van der Waals surface area contributed by atoms with E-state index in [9.17, 15) is 14.4 Å². The molecule has 1 aliphatic rings. The highest BCUT2D eigenvalue weighted by Gasteiger charge is 2.36.